The van der Waals surface area contributed by atoms with Gasteiger partial charge in [-0.05, 0) is 56.2 Å². The zero-order valence-corrected chi connectivity index (χ0v) is 17.1. The van der Waals surface area contributed by atoms with Gasteiger partial charge in [0.05, 0.1) is 17.6 Å². The maximum atomic E-state index is 13.4. The molecule has 5 rings (SSSR count). The van der Waals surface area contributed by atoms with E-state index in [0.717, 1.165) is 43.4 Å². The number of aromatic nitrogens is 2. The highest BCUT2D eigenvalue weighted by atomic mass is 16.5. The van der Waals surface area contributed by atoms with E-state index in [4.69, 9.17) is 4.74 Å². The standard InChI is InChI=1S/C23H31N3O3/c27-22(24-11-4-13-29-14-12-24)18-9-10-20-21(15-18)25(16-17-7-8-17)23(28)26(20)19-5-2-1-3-6-19/h9-10,15,17,19H,1-8,11-14,16H2. The zero-order chi connectivity index (χ0) is 19.8. The summed E-state index contributed by atoms with van der Waals surface area (Å²) in [5, 5.41) is 0. The van der Waals surface area contributed by atoms with Gasteiger partial charge < -0.3 is 9.64 Å². The van der Waals surface area contributed by atoms with Crippen LogP contribution in [0.15, 0.2) is 23.0 Å². The summed E-state index contributed by atoms with van der Waals surface area (Å²) in [6.07, 6.45) is 9.10. The van der Waals surface area contributed by atoms with Crippen LogP contribution in [0.3, 0.4) is 0 Å². The molecular formula is C23H31N3O3. The van der Waals surface area contributed by atoms with E-state index >= 15 is 0 Å². The molecule has 1 aliphatic heterocycles. The monoisotopic (exact) mass is 397 g/mol. The third kappa shape index (κ3) is 3.75. The summed E-state index contributed by atoms with van der Waals surface area (Å²) in [6, 6.07) is 6.18. The topological polar surface area (TPSA) is 56.5 Å². The molecule has 29 heavy (non-hydrogen) atoms. The van der Waals surface area contributed by atoms with Gasteiger partial charge in [0.1, 0.15) is 0 Å². The molecule has 0 spiro atoms. The van der Waals surface area contributed by atoms with Crippen molar-refractivity contribution in [2.75, 3.05) is 26.3 Å². The summed E-state index contributed by atoms with van der Waals surface area (Å²) in [5.74, 6) is 0.661. The lowest BCUT2D eigenvalue weighted by Gasteiger charge is -2.23. The van der Waals surface area contributed by atoms with Crippen molar-refractivity contribution in [2.45, 2.75) is 64.0 Å². The fraction of sp³-hybridized carbons (Fsp3) is 0.652. The van der Waals surface area contributed by atoms with Crippen molar-refractivity contribution in [3.63, 3.8) is 0 Å². The number of fused-ring (bicyclic) bond motifs is 1. The van der Waals surface area contributed by atoms with Crippen molar-refractivity contribution < 1.29 is 9.53 Å². The highest BCUT2D eigenvalue weighted by Gasteiger charge is 2.28. The van der Waals surface area contributed by atoms with Crippen LogP contribution < -0.4 is 5.69 Å². The number of carbonyl (C=O) groups is 1. The summed E-state index contributed by atoms with van der Waals surface area (Å²) in [4.78, 5) is 28.4. The Morgan fingerprint density at radius 1 is 0.966 bits per heavy atom. The van der Waals surface area contributed by atoms with E-state index in [1.165, 1.54) is 32.1 Å². The Morgan fingerprint density at radius 3 is 2.59 bits per heavy atom. The molecule has 6 heteroatoms. The smallest absolute Gasteiger partial charge is 0.329 e. The van der Waals surface area contributed by atoms with Crippen LogP contribution in [0.2, 0.25) is 0 Å². The predicted molar refractivity (Wildman–Crippen MR) is 112 cm³/mol. The lowest BCUT2D eigenvalue weighted by Crippen LogP contribution is -2.33. The number of benzene rings is 1. The fourth-order valence-corrected chi connectivity index (χ4v) is 4.97. The minimum Gasteiger partial charge on any atom is -0.380 e. The van der Waals surface area contributed by atoms with Crippen molar-refractivity contribution in [3.8, 4) is 0 Å². The largest absolute Gasteiger partial charge is 0.380 e. The lowest BCUT2D eigenvalue weighted by atomic mass is 9.95. The Hall–Kier alpha value is -2.08. The van der Waals surface area contributed by atoms with E-state index in [2.05, 4.69) is 0 Å². The summed E-state index contributed by atoms with van der Waals surface area (Å²) in [7, 11) is 0. The zero-order valence-electron chi connectivity index (χ0n) is 17.1. The third-order valence-electron chi connectivity index (χ3n) is 6.80. The molecule has 0 radical (unpaired) electrons. The number of rotatable bonds is 4. The van der Waals surface area contributed by atoms with Gasteiger partial charge >= 0.3 is 5.69 Å². The Morgan fingerprint density at radius 2 is 1.79 bits per heavy atom. The molecule has 1 aromatic carbocycles. The molecule has 0 bridgehead atoms. The van der Waals surface area contributed by atoms with Crippen LogP contribution in [0.1, 0.15) is 67.8 Å². The van der Waals surface area contributed by atoms with Crippen LogP contribution in [0.4, 0.5) is 0 Å². The first-order valence-electron chi connectivity index (χ1n) is 11.3. The van der Waals surface area contributed by atoms with Crippen molar-refractivity contribution in [1.29, 1.82) is 0 Å². The molecular weight excluding hydrogens is 366 g/mol. The van der Waals surface area contributed by atoms with Crippen LogP contribution in [-0.4, -0.2) is 46.2 Å². The Kier molecular flexibility index (Phi) is 5.20. The summed E-state index contributed by atoms with van der Waals surface area (Å²) in [5.41, 5.74) is 2.74. The molecule has 2 saturated carbocycles. The molecule has 0 N–H and O–H groups in total. The second-order valence-electron chi connectivity index (χ2n) is 8.96. The number of hydrogen-bond acceptors (Lipinski definition) is 3. The summed E-state index contributed by atoms with van der Waals surface area (Å²) >= 11 is 0. The van der Waals surface area contributed by atoms with Gasteiger partial charge in [-0.1, -0.05) is 19.3 Å². The molecule has 1 amide bonds. The molecule has 3 aliphatic rings. The average molecular weight is 398 g/mol. The lowest BCUT2D eigenvalue weighted by molar-refractivity contribution is 0.0741. The molecule has 6 nitrogen and oxygen atoms in total. The molecule has 2 aromatic rings. The Balaban J connectivity index is 1.54. The van der Waals surface area contributed by atoms with Crippen LogP contribution >= 0.6 is 0 Å². The van der Waals surface area contributed by atoms with Crippen LogP contribution in [-0.2, 0) is 11.3 Å². The van der Waals surface area contributed by atoms with Gasteiger partial charge in [-0.3, -0.25) is 13.9 Å². The van der Waals surface area contributed by atoms with E-state index in [-0.39, 0.29) is 11.6 Å². The van der Waals surface area contributed by atoms with E-state index < -0.39 is 0 Å². The average Bonchev–Trinajstić information content (AvgIpc) is 3.56. The minimum atomic E-state index is 0.0493. The van der Waals surface area contributed by atoms with Gasteiger partial charge in [-0.15, -0.1) is 0 Å². The van der Waals surface area contributed by atoms with Gasteiger partial charge in [0, 0.05) is 37.8 Å². The molecule has 2 heterocycles. The third-order valence-corrected chi connectivity index (χ3v) is 6.80. The molecule has 156 valence electrons. The number of amides is 1. The fourth-order valence-electron chi connectivity index (χ4n) is 4.97. The SMILES string of the molecule is O=C(c1ccc2c(c1)n(CC1CC1)c(=O)n2C1CCCCC1)N1CCCOCC1. The first kappa shape index (κ1) is 18.9. The molecule has 1 saturated heterocycles. The number of carbonyl (C=O) groups excluding carboxylic acids is 1. The predicted octanol–water partition coefficient (Wildman–Crippen LogP) is 3.58. The van der Waals surface area contributed by atoms with E-state index in [9.17, 15) is 9.59 Å². The first-order valence-corrected chi connectivity index (χ1v) is 11.3. The molecule has 3 fully saturated rings. The van der Waals surface area contributed by atoms with E-state index in [1.807, 2.05) is 32.2 Å². The van der Waals surface area contributed by atoms with Crippen LogP contribution in [0.5, 0.6) is 0 Å². The maximum absolute atomic E-state index is 13.4. The second kappa shape index (κ2) is 7.98. The Labute approximate surface area is 171 Å². The van der Waals surface area contributed by atoms with E-state index in [1.54, 1.807) is 0 Å². The highest BCUT2D eigenvalue weighted by Crippen LogP contribution is 2.34. The number of ether oxygens (including phenoxy) is 1. The quantitative estimate of drug-likeness (QED) is 0.792. The van der Waals surface area contributed by atoms with Gasteiger partial charge in [0.2, 0.25) is 0 Å². The molecule has 0 atom stereocenters. The van der Waals surface area contributed by atoms with Crippen LogP contribution in [0, 0.1) is 5.92 Å². The number of nitrogens with zero attached hydrogens (tertiary/aromatic N) is 3. The van der Waals surface area contributed by atoms with Crippen LogP contribution in [0.25, 0.3) is 11.0 Å². The first-order chi connectivity index (χ1) is 14.2. The van der Waals surface area contributed by atoms with E-state index in [0.29, 0.717) is 37.3 Å². The van der Waals surface area contributed by atoms with Crippen molar-refractivity contribution >= 4 is 16.9 Å². The van der Waals surface area contributed by atoms with Crippen molar-refractivity contribution in [1.82, 2.24) is 14.0 Å². The molecule has 2 aliphatic carbocycles. The van der Waals surface area contributed by atoms with Crippen molar-refractivity contribution in [3.05, 3.63) is 34.2 Å². The number of hydrogen-bond donors (Lipinski definition) is 0. The molecule has 0 unspecified atom stereocenters. The minimum absolute atomic E-state index is 0.0493. The summed E-state index contributed by atoms with van der Waals surface area (Å²) in [6.45, 7) is 3.46. The summed E-state index contributed by atoms with van der Waals surface area (Å²) < 4.78 is 9.48. The van der Waals surface area contributed by atoms with Gasteiger partial charge in [-0.2, -0.15) is 0 Å². The second-order valence-corrected chi connectivity index (χ2v) is 8.96. The van der Waals surface area contributed by atoms with Gasteiger partial charge in [0.15, 0.2) is 0 Å². The Bertz CT molecular complexity index is 942. The number of imidazole rings is 1. The van der Waals surface area contributed by atoms with Gasteiger partial charge in [-0.25, -0.2) is 4.79 Å². The van der Waals surface area contributed by atoms with Gasteiger partial charge in [0.25, 0.3) is 5.91 Å². The van der Waals surface area contributed by atoms with Crippen molar-refractivity contribution in [2.24, 2.45) is 5.92 Å². The molecule has 1 aromatic heterocycles. The maximum Gasteiger partial charge on any atom is 0.329 e. The highest BCUT2D eigenvalue weighted by molar-refractivity contribution is 5.97. The normalized spacial score (nSPS) is 21.4.